The largest absolute Gasteiger partial charge is 0.453 e. The summed E-state index contributed by atoms with van der Waals surface area (Å²) in [6.07, 6.45) is 0. The van der Waals surface area contributed by atoms with Crippen LogP contribution in [0.1, 0.15) is 5.56 Å². The van der Waals surface area contributed by atoms with Crippen LogP contribution in [0.2, 0.25) is 5.02 Å². The summed E-state index contributed by atoms with van der Waals surface area (Å²) in [7, 11) is 0. The van der Waals surface area contributed by atoms with Gasteiger partial charge in [-0.1, -0.05) is 17.7 Å². The molecule has 0 heterocycles. The summed E-state index contributed by atoms with van der Waals surface area (Å²) in [6, 6.07) is 9.73. The van der Waals surface area contributed by atoms with E-state index in [-0.39, 0.29) is 17.1 Å². The summed E-state index contributed by atoms with van der Waals surface area (Å²) >= 11 is 5.71. The lowest BCUT2D eigenvalue weighted by atomic mass is 10.2. The summed E-state index contributed by atoms with van der Waals surface area (Å²) in [5.74, 6) is -2.28. The summed E-state index contributed by atoms with van der Waals surface area (Å²) in [4.78, 5) is 0. The summed E-state index contributed by atoms with van der Waals surface area (Å²) in [6.45, 7) is 0. The number of nitrogens with zero attached hydrogens (tertiary/aromatic N) is 1. The summed E-state index contributed by atoms with van der Waals surface area (Å²) in [5, 5.41) is 9.25. The van der Waals surface area contributed by atoms with Crippen LogP contribution >= 0.6 is 11.6 Å². The highest BCUT2D eigenvalue weighted by Gasteiger charge is 2.12. The van der Waals surface area contributed by atoms with Crippen LogP contribution in [0.3, 0.4) is 0 Å². The molecule has 18 heavy (non-hydrogen) atoms. The predicted octanol–water partition coefficient (Wildman–Crippen LogP) is 4.28. The molecule has 0 fully saturated rings. The minimum atomic E-state index is -1.10. The molecule has 5 heteroatoms. The first-order valence-corrected chi connectivity index (χ1v) is 5.31. The molecule has 0 saturated carbocycles. The molecule has 0 aliphatic rings. The topological polar surface area (TPSA) is 33.0 Å². The fourth-order valence-electron chi connectivity index (χ4n) is 1.36. The van der Waals surface area contributed by atoms with Crippen molar-refractivity contribution >= 4 is 11.6 Å². The number of ether oxygens (including phenoxy) is 1. The maximum Gasteiger partial charge on any atom is 0.201 e. The van der Waals surface area contributed by atoms with Crippen molar-refractivity contribution in [3.05, 3.63) is 58.6 Å². The lowest BCUT2D eigenvalue weighted by molar-refractivity contribution is 0.415. The van der Waals surface area contributed by atoms with Crippen LogP contribution in [0.15, 0.2) is 36.4 Å². The Hall–Kier alpha value is -2.12. The van der Waals surface area contributed by atoms with Gasteiger partial charge in [0.25, 0.3) is 0 Å². The number of halogens is 3. The molecule has 0 bridgehead atoms. The van der Waals surface area contributed by atoms with Gasteiger partial charge in [-0.3, -0.25) is 0 Å². The van der Waals surface area contributed by atoms with Crippen molar-refractivity contribution in [2.24, 2.45) is 0 Å². The second-order valence-electron chi connectivity index (χ2n) is 3.41. The lowest BCUT2D eigenvalue weighted by Gasteiger charge is -2.08. The molecule has 0 radical (unpaired) electrons. The molecule has 0 aliphatic carbocycles. The van der Waals surface area contributed by atoms with Gasteiger partial charge in [-0.15, -0.1) is 0 Å². The van der Waals surface area contributed by atoms with Crippen LogP contribution in [0.5, 0.6) is 11.5 Å². The van der Waals surface area contributed by atoms with Crippen LogP contribution in [0, 0.1) is 23.0 Å². The molecule has 0 atom stereocenters. The first kappa shape index (κ1) is 12.3. The minimum Gasteiger partial charge on any atom is -0.453 e. The van der Waals surface area contributed by atoms with Crippen molar-refractivity contribution in [3.63, 3.8) is 0 Å². The number of benzene rings is 2. The van der Waals surface area contributed by atoms with Gasteiger partial charge in [-0.25, -0.2) is 4.39 Å². The molecule has 0 N–H and O–H groups in total. The van der Waals surface area contributed by atoms with E-state index in [0.717, 1.165) is 6.07 Å². The van der Waals surface area contributed by atoms with Gasteiger partial charge in [0.05, 0.1) is 5.56 Å². The number of nitriles is 1. The molecular formula is C13H6ClF2NO. The molecule has 2 aromatic rings. The highest BCUT2D eigenvalue weighted by atomic mass is 35.5. The van der Waals surface area contributed by atoms with E-state index in [4.69, 9.17) is 21.6 Å². The highest BCUT2D eigenvalue weighted by Crippen LogP contribution is 2.29. The standard InChI is InChI=1S/C13H6ClF2NO/c14-9-4-5-11(8(6-9)7-17)18-12-3-1-2-10(15)13(12)16/h1-6H. The normalized spacial score (nSPS) is 9.89. The van der Waals surface area contributed by atoms with Crippen LogP contribution in [-0.4, -0.2) is 0 Å². The van der Waals surface area contributed by atoms with Crippen molar-refractivity contribution < 1.29 is 13.5 Å². The second kappa shape index (κ2) is 5.03. The number of hydrogen-bond acceptors (Lipinski definition) is 2. The average Bonchev–Trinajstić information content (AvgIpc) is 2.37. The Morgan fingerprint density at radius 1 is 1.11 bits per heavy atom. The van der Waals surface area contributed by atoms with E-state index in [2.05, 4.69) is 0 Å². The third-order valence-electron chi connectivity index (χ3n) is 2.20. The zero-order valence-corrected chi connectivity index (χ0v) is 9.71. The summed E-state index contributed by atoms with van der Waals surface area (Å²) < 4.78 is 31.6. The quantitative estimate of drug-likeness (QED) is 0.812. The van der Waals surface area contributed by atoms with E-state index < -0.39 is 11.6 Å². The molecule has 2 nitrogen and oxygen atoms in total. The van der Waals surface area contributed by atoms with E-state index in [0.29, 0.717) is 5.02 Å². The minimum absolute atomic E-state index is 0.117. The van der Waals surface area contributed by atoms with Crippen molar-refractivity contribution in [3.8, 4) is 17.6 Å². The Bertz CT molecular complexity index is 637. The van der Waals surface area contributed by atoms with Crippen molar-refractivity contribution in [2.75, 3.05) is 0 Å². The maximum atomic E-state index is 13.4. The zero-order valence-electron chi connectivity index (χ0n) is 8.95. The maximum absolute atomic E-state index is 13.4. The van der Waals surface area contributed by atoms with Gasteiger partial charge in [0.2, 0.25) is 5.82 Å². The van der Waals surface area contributed by atoms with E-state index in [9.17, 15) is 8.78 Å². The van der Waals surface area contributed by atoms with Crippen molar-refractivity contribution in [2.45, 2.75) is 0 Å². The van der Waals surface area contributed by atoms with Gasteiger partial charge in [-0.2, -0.15) is 9.65 Å². The third-order valence-corrected chi connectivity index (χ3v) is 2.43. The lowest BCUT2D eigenvalue weighted by Crippen LogP contribution is -1.93. The molecule has 0 saturated heterocycles. The van der Waals surface area contributed by atoms with Gasteiger partial charge in [-0.05, 0) is 30.3 Å². The van der Waals surface area contributed by atoms with Crippen LogP contribution in [0.4, 0.5) is 8.78 Å². The number of hydrogen-bond donors (Lipinski definition) is 0. The van der Waals surface area contributed by atoms with Gasteiger partial charge < -0.3 is 4.74 Å². The molecular weight excluding hydrogens is 260 g/mol. The molecule has 90 valence electrons. The smallest absolute Gasteiger partial charge is 0.201 e. The Morgan fingerprint density at radius 3 is 2.61 bits per heavy atom. The first-order valence-electron chi connectivity index (χ1n) is 4.93. The highest BCUT2D eigenvalue weighted by molar-refractivity contribution is 6.30. The molecule has 0 aromatic heterocycles. The Balaban J connectivity index is 2.41. The Morgan fingerprint density at radius 2 is 1.89 bits per heavy atom. The van der Waals surface area contributed by atoms with Gasteiger partial charge in [0, 0.05) is 5.02 Å². The average molecular weight is 266 g/mol. The van der Waals surface area contributed by atoms with Gasteiger partial charge >= 0.3 is 0 Å². The summed E-state index contributed by atoms with van der Waals surface area (Å²) in [5.41, 5.74) is 0.145. The van der Waals surface area contributed by atoms with E-state index in [1.807, 2.05) is 6.07 Å². The van der Waals surface area contributed by atoms with Crippen molar-refractivity contribution in [1.82, 2.24) is 0 Å². The first-order chi connectivity index (χ1) is 8.61. The Kier molecular flexibility index (Phi) is 3.45. The molecule has 2 aromatic carbocycles. The van der Waals surface area contributed by atoms with E-state index >= 15 is 0 Å². The third kappa shape index (κ3) is 2.41. The van der Waals surface area contributed by atoms with Crippen LogP contribution in [0.25, 0.3) is 0 Å². The fourth-order valence-corrected chi connectivity index (χ4v) is 1.53. The monoisotopic (exact) mass is 265 g/mol. The van der Waals surface area contributed by atoms with Gasteiger partial charge in [0.15, 0.2) is 11.6 Å². The molecule has 2 rings (SSSR count). The SMILES string of the molecule is N#Cc1cc(Cl)ccc1Oc1cccc(F)c1F. The predicted molar refractivity (Wildman–Crippen MR) is 62.6 cm³/mol. The zero-order chi connectivity index (χ0) is 13.1. The van der Waals surface area contributed by atoms with Crippen molar-refractivity contribution in [1.29, 1.82) is 5.26 Å². The van der Waals surface area contributed by atoms with Gasteiger partial charge in [0.1, 0.15) is 11.8 Å². The molecule has 0 spiro atoms. The van der Waals surface area contributed by atoms with E-state index in [1.165, 1.54) is 30.3 Å². The van der Waals surface area contributed by atoms with Crippen LogP contribution in [-0.2, 0) is 0 Å². The Labute approximate surface area is 107 Å². The van der Waals surface area contributed by atoms with E-state index in [1.54, 1.807) is 0 Å². The fraction of sp³-hybridized carbons (Fsp3) is 0. The molecule has 0 amide bonds. The molecule has 0 unspecified atom stereocenters. The molecule has 0 aliphatic heterocycles. The van der Waals surface area contributed by atoms with Crippen LogP contribution < -0.4 is 4.74 Å². The number of rotatable bonds is 2. The second-order valence-corrected chi connectivity index (χ2v) is 3.84.